The third kappa shape index (κ3) is 3.90. The molecule has 0 unspecified atom stereocenters. The van der Waals surface area contributed by atoms with Gasteiger partial charge in [-0.3, -0.25) is 9.88 Å². The Kier molecular flexibility index (Phi) is 5.14. The van der Waals surface area contributed by atoms with Crippen molar-refractivity contribution in [2.75, 3.05) is 32.7 Å². The summed E-state index contributed by atoms with van der Waals surface area (Å²) < 4.78 is 27.0. The van der Waals surface area contributed by atoms with Crippen molar-refractivity contribution >= 4 is 31.8 Å². The first kappa shape index (κ1) is 16.1. The van der Waals surface area contributed by atoms with Crippen molar-refractivity contribution in [3.63, 3.8) is 0 Å². The average Bonchev–Trinajstić information content (AvgIpc) is 2.47. The molecule has 1 aromatic rings. The molecule has 1 fully saturated rings. The van der Waals surface area contributed by atoms with Crippen LogP contribution in [0.2, 0.25) is 0 Å². The van der Waals surface area contributed by atoms with E-state index in [-0.39, 0.29) is 10.7 Å². The van der Waals surface area contributed by atoms with Crippen LogP contribution in [0.5, 0.6) is 0 Å². The fraction of sp³-hybridized carbons (Fsp3) is 0.455. The molecule has 0 radical (unpaired) electrons. The summed E-state index contributed by atoms with van der Waals surface area (Å²) in [4.78, 5) is 5.99. The molecule has 0 saturated carbocycles. The maximum Gasteiger partial charge on any atom is 0.244 e. The van der Waals surface area contributed by atoms with Crippen LogP contribution < -0.4 is 5.73 Å². The molecule has 3 N–H and O–H groups in total. The number of nitrogens with two attached hydrogens (primary N) is 1. The van der Waals surface area contributed by atoms with Crippen molar-refractivity contribution in [3.8, 4) is 0 Å². The zero-order valence-electron chi connectivity index (χ0n) is 11.2. The van der Waals surface area contributed by atoms with E-state index in [1.165, 1.54) is 22.8 Å². The second-order valence-corrected chi connectivity index (χ2v) is 7.46. The Balaban J connectivity index is 2.04. The van der Waals surface area contributed by atoms with Crippen LogP contribution in [0.3, 0.4) is 0 Å². The van der Waals surface area contributed by atoms with Crippen molar-refractivity contribution in [2.24, 2.45) is 10.9 Å². The molecule has 10 heteroatoms. The van der Waals surface area contributed by atoms with E-state index in [0.717, 1.165) is 0 Å². The van der Waals surface area contributed by atoms with Crippen LogP contribution in [0, 0.1) is 0 Å². The molecule has 1 aliphatic heterocycles. The number of piperazine rings is 1. The van der Waals surface area contributed by atoms with Gasteiger partial charge in [-0.15, -0.1) is 0 Å². The number of amidine groups is 1. The van der Waals surface area contributed by atoms with Crippen LogP contribution in [0.15, 0.2) is 33.0 Å². The highest BCUT2D eigenvalue weighted by atomic mass is 79.9. The van der Waals surface area contributed by atoms with E-state index in [1.54, 1.807) is 0 Å². The molecular formula is C11H16BrN5O3S. The average molecular weight is 378 g/mol. The second-order valence-electron chi connectivity index (χ2n) is 4.61. The first-order chi connectivity index (χ1) is 9.93. The highest BCUT2D eigenvalue weighted by molar-refractivity contribution is 9.10. The van der Waals surface area contributed by atoms with Gasteiger partial charge in [0, 0.05) is 43.0 Å². The summed E-state index contributed by atoms with van der Waals surface area (Å²) in [7, 11) is -3.54. The molecule has 0 atom stereocenters. The van der Waals surface area contributed by atoms with Gasteiger partial charge in [-0.1, -0.05) is 5.16 Å². The fourth-order valence-electron chi connectivity index (χ4n) is 2.07. The highest BCUT2D eigenvalue weighted by Gasteiger charge is 2.29. The number of halogens is 1. The summed E-state index contributed by atoms with van der Waals surface area (Å²) in [6.45, 7) is 2.08. The first-order valence-electron chi connectivity index (χ1n) is 6.23. The molecule has 2 rings (SSSR count). The minimum atomic E-state index is -3.54. The van der Waals surface area contributed by atoms with Crippen LogP contribution in [-0.2, 0) is 10.0 Å². The summed E-state index contributed by atoms with van der Waals surface area (Å²) in [5, 5.41) is 11.5. The van der Waals surface area contributed by atoms with E-state index in [4.69, 9.17) is 10.9 Å². The molecule has 0 amide bonds. The van der Waals surface area contributed by atoms with Crippen LogP contribution >= 0.6 is 15.9 Å². The van der Waals surface area contributed by atoms with Gasteiger partial charge in [-0.05, 0) is 22.0 Å². The zero-order chi connectivity index (χ0) is 15.5. The van der Waals surface area contributed by atoms with Gasteiger partial charge in [-0.2, -0.15) is 4.31 Å². The number of rotatable bonds is 4. The number of hydrogen-bond donors (Lipinski definition) is 2. The smallest absolute Gasteiger partial charge is 0.244 e. The SMILES string of the molecule is NC(CN1CCN(S(=O)(=O)c2cncc(Br)c2)CC1)=NO. The summed E-state index contributed by atoms with van der Waals surface area (Å²) in [6, 6.07) is 1.53. The lowest BCUT2D eigenvalue weighted by Crippen LogP contribution is -2.50. The van der Waals surface area contributed by atoms with E-state index in [0.29, 0.717) is 37.2 Å². The van der Waals surface area contributed by atoms with Gasteiger partial charge in [0.05, 0.1) is 6.54 Å². The molecule has 0 spiro atoms. The zero-order valence-corrected chi connectivity index (χ0v) is 13.6. The van der Waals surface area contributed by atoms with Gasteiger partial charge in [-0.25, -0.2) is 8.42 Å². The number of aromatic nitrogens is 1. The molecule has 0 bridgehead atoms. The number of sulfonamides is 1. The second kappa shape index (κ2) is 6.69. The van der Waals surface area contributed by atoms with Gasteiger partial charge in [0.25, 0.3) is 0 Å². The molecule has 1 saturated heterocycles. The number of hydrogen-bond acceptors (Lipinski definition) is 6. The Bertz CT molecular complexity index is 629. The van der Waals surface area contributed by atoms with E-state index < -0.39 is 10.0 Å². The van der Waals surface area contributed by atoms with Crippen molar-refractivity contribution in [2.45, 2.75) is 4.90 Å². The van der Waals surface area contributed by atoms with Gasteiger partial charge in [0.1, 0.15) is 4.90 Å². The number of nitrogens with zero attached hydrogens (tertiary/aromatic N) is 4. The van der Waals surface area contributed by atoms with Crippen LogP contribution in [0.25, 0.3) is 0 Å². The molecule has 0 aliphatic carbocycles. The van der Waals surface area contributed by atoms with Gasteiger partial charge >= 0.3 is 0 Å². The van der Waals surface area contributed by atoms with E-state index in [2.05, 4.69) is 26.1 Å². The monoisotopic (exact) mass is 377 g/mol. The largest absolute Gasteiger partial charge is 0.409 e. The van der Waals surface area contributed by atoms with E-state index in [9.17, 15) is 8.42 Å². The summed E-state index contributed by atoms with van der Waals surface area (Å²) in [5.74, 6) is 0.113. The summed E-state index contributed by atoms with van der Waals surface area (Å²) in [5.41, 5.74) is 5.44. The third-order valence-corrected chi connectivity index (χ3v) is 5.46. The Hall–Kier alpha value is -1.23. The van der Waals surface area contributed by atoms with E-state index in [1.807, 2.05) is 4.90 Å². The predicted molar refractivity (Wildman–Crippen MR) is 80.5 cm³/mol. The molecule has 1 aliphatic rings. The highest BCUT2D eigenvalue weighted by Crippen LogP contribution is 2.19. The molecular weight excluding hydrogens is 362 g/mol. The molecule has 1 aromatic heterocycles. The lowest BCUT2D eigenvalue weighted by atomic mass is 10.3. The molecule has 8 nitrogen and oxygen atoms in total. The minimum Gasteiger partial charge on any atom is -0.409 e. The van der Waals surface area contributed by atoms with Crippen molar-refractivity contribution in [1.29, 1.82) is 0 Å². The van der Waals surface area contributed by atoms with Crippen LogP contribution in [0.4, 0.5) is 0 Å². The third-order valence-electron chi connectivity index (χ3n) is 3.16. The van der Waals surface area contributed by atoms with Gasteiger partial charge < -0.3 is 10.9 Å². The van der Waals surface area contributed by atoms with Gasteiger partial charge in [0.15, 0.2) is 5.84 Å². The first-order valence-corrected chi connectivity index (χ1v) is 8.46. The normalized spacial score (nSPS) is 18.8. The Morgan fingerprint density at radius 1 is 1.38 bits per heavy atom. The van der Waals surface area contributed by atoms with Crippen molar-refractivity contribution in [3.05, 3.63) is 22.9 Å². The molecule has 0 aromatic carbocycles. The number of oxime groups is 1. The van der Waals surface area contributed by atoms with Crippen LogP contribution in [-0.4, -0.2) is 66.4 Å². The lowest BCUT2D eigenvalue weighted by molar-refractivity contribution is 0.206. The van der Waals surface area contributed by atoms with Crippen molar-refractivity contribution < 1.29 is 13.6 Å². The van der Waals surface area contributed by atoms with Crippen LogP contribution in [0.1, 0.15) is 0 Å². The Morgan fingerprint density at radius 3 is 2.62 bits per heavy atom. The fourth-order valence-corrected chi connectivity index (χ4v) is 4.00. The Labute approximate surface area is 131 Å². The lowest BCUT2D eigenvalue weighted by Gasteiger charge is -2.33. The standard InChI is InChI=1S/C11H16BrN5O3S/c12-9-5-10(7-14-6-9)21(19,20)17-3-1-16(2-4-17)8-11(13)15-18/h5-7,18H,1-4,8H2,(H2,13,15). The summed E-state index contributed by atoms with van der Waals surface area (Å²) in [6.07, 6.45) is 2.87. The van der Waals surface area contributed by atoms with Crippen molar-refractivity contribution in [1.82, 2.24) is 14.2 Å². The van der Waals surface area contributed by atoms with Gasteiger partial charge in [0.2, 0.25) is 10.0 Å². The predicted octanol–water partition coefficient (Wildman–Crippen LogP) is -0.103. The quantitative estimate of drug-likeness (QED) is 0.328. The summed E-state index contributed by atoms with van der Waals surface area (Å²) >= 11 is 3.22. The topological polar surface area (TPSA) is 112 Å². The molecule has 21 heavy (non-hydrogen) atoms. The Morgan fingerprint density at radius 2 is 2.05 bits per heavy atom. The number of pyridine rings is 1. The van der Waals surface area contributed by atoms with E-state index >= 15 is 0 Å². The molecule has 116 valence electrons. The maximum absolute atomic E-state index is 12.5. The molecule has 2 heterocycles. The minimum absolute atomic E-state index is 0.113. The maximum atomic E-state index is 12.5.